The molecule has 1 N–H and O–H groups in total. The maximum absolute atomic E-state index is 5.96. The fraction of sp³-hybridized carbons (Fsp3) is 0.500. The summed E-state index contributed by atoms with van der Waals surface area (Å²) < 4.78 is 0. The molecule has 1 aliphatic rings. The van der Waals surface area contributed by atoms with Crippen molar-refractivity contribution >= 4 is 34.6 Å². The summed E-state index contributed by atoms with van der Waals surface area (Å²) in [4.78, 5) is 2.26. The van der Waals surface area contributed by atoms with Gasteiger partial charge in [-0.15, -0.1) is 0 Å². The summed E-state index contributed by atoms with van der Waals surface area (Å²) in [7, 11) is 0. The van der Waals surface area contributed by atoms with Gasteiger partial charge in [0.25, 0.3) is 0 Å². The molecular weight excluding hydrogens is 264 g/mol. The van der Waals surface area contributed by atoms with Crippen molar-refractivity contribution in [2.75, 3.05) is 18.4 Å². The highest BCUT2D eigenvalue weighted by atomic mass is 35.5. The van der Waals surface area contributed by atoms with Crippen LogP contribution in [0.5, 0.6) is 0 Å². The Morgan fingerprint density at radius 3 is 2.61 bits per heavy atom. The molecule has 0 amide bonds. The van der Waals surface area contributed by atoms with E-state index in [1.165, 1.54) is 6.42 Å². The summed E-state index contributed by atoms with van der Waals surface area (Å²) in [6.45, 7) is 6.64. The molecule has 1 aromatic rings. The summed E-state index contributed by atoms with van der Waals surface area (Å²) >= 11 is 11.4. The lowest BCUT2D eigenvalue weighted by Gasteiger charge is -2.36. The third-order valence-corrected chi connectivity index (χ3v) is 3.83. The smallest absolute Gasteiger partial charge is 0.173 e. The third kappa shape index (κ3) is 3.59. The predicted octanol–water partition coefficient (Wildman–Crippen LogP) is 4.01. The lowest BCUT2D eigenvalue weighted by atomic mass is 9.92. The van der Waals surface area contributed by atoms with Crippen LogP contribution in [0.1, 0.15) is 20.3 Å². The van der Waals surface area contributed by atoms with Crippen molar-refractivity contribution < 1.29 is 0 Å². The average molecular weight is 283 g/mol. The van der Waals surface area contributed by atoms with Gasteiger partial charge in [-0.05, 0) is 48.7 Å². The molecule has 2 unspecified atom stereocenters. The van der Waals surface area contributed by atoms with E-state index in [4.69, 9.17) is 23.8 Å². The number of thiocarbonyl (C=S) groups is 1. The molecule has 0 radical (unpaired) electrons. The van der Waals surface area contributed by atoms with Crippen molar-refractivity contribution in [3.63, 3.8) is 0 Å². The Hall–Kier alpha value is -0.800. The normalized spacial score (nSPS) is 23.8. The second-order valence-corrected chi connectivity index (χ2v) is 6.11. The van der Waals surface area contributed by atoms with E-state index < -0.39 is 0 Å². The summed E-state index contributed by atoms with van der Waals surface area (Å²) in [5.74, 6) is 1.40. The number of piperidine rings is 1. The highest BCUT2D eigenvalue weighted by Gasteiger charge is 2.23. The van der Waals surface area contributed by atoms with Crippen LogP contribution in [0.15, 0.2) is 24.3 Å². The molecule has 0 aliphatic carbocycles. The van der Waals surface area contributed by atoms with Crippen molar-refractivity contribution in [3.05, 3.63) is 29.3 Å². The lowest BCUT2D eigenvalue weighted by molar-refractivity contribution is 0.216. The van der Waals surface area contributed by atoms with E-state index in [0.29, 0.717) is 11.8 Å². The van der Waals surface area contributed by atoms with Gasteiger partial charge in [0.05, 0.1) is 0 Å². The van der Waals surface area contributed by atoms with E-state index in [9.17, 15) is 0 Å². The summed E-state index contributed by atoms with van der Waals surface area (Å²) in [5.41, 5.74) is 0.957. The van der Waals surface area contributed by atoms with E-state index in [1.54, 1.807) is 0 Å². The van der Waals surface area contributed by atoms with Crippen LogP contribution in [0.25, 0.3) is 0 Å². The fourth-order valence-corrected chi connectivity index (χ4v) is 3.05. The maximum atomic E-state index is 5.96. The minimum absolute atomic E-state index is 0.702. The van der Waals surface area contributed by atoms with Gasteiger partial charge in [0, 0.05) is 23.8 Å². The largest absolute Gasteiger partial charge is 0.348 e. The predicted molar refractivity (Wildman–Crippen MR) is 82.2 cm³/mol. The first-order chi connectivity index (χ1) is 8.54. The van der Waals surface area contributed by atoms with Crippen LogP contribution in [0.2, 0.25) is 5.02 Å². The number of hydrogen-bond acceptors (Lipinski definition) is 1. The van der Waals surface area contributed by atoms with Gasteiger partial charge in [0.2, 0.25) is 0 Å². The third-order valence-electron chi connectivity index (χ3n) is 3.23. The minimum Gasteiger partial charge on any atom is -0.348 e. The first-order valence-electron chi connectivity index (χ1n) is 6.36. The molecule has 2 rings (SSSR count). The highest BCUT2D eigenvalue weighted by Crippen LogP contribution is 2.22. The molecule has 1 aliphatic heterocycles. The van der Waals surface area contributed by atoms with Gasteiger partial charge in [-0.25, -0.2) is 0 Å². The van der Waals surface area contributed by atoms with Crippen LogP contribution in [0, 0.1) is 11.8 Å². The molecule has 0 bridgehead atoms. The Balaban J connectivity index is 1.99. The quantitative estimate of drug-likeness (QED) is 0.784. The molecule has 2 nitrogen and oxygen atoms in total. The number of benzene rings is 1. The van der Waals surface area contributed by atoms with Gasteiger partial charge in [0.1, 0.15) is 0 Å². The molecule has 1 saturated heterocycles. The number of halogens is 1. The summed E-state index contributed by atoms with van der Waals surface area (Å²) in [6.07, 6.45) is 1.29. The number of rotatable bonds is 1. The van der Waals surface area contributed by atoms with Crippen molar-refractivity contribution in [2.45, 2.75) is 20.3 Å². The number of likely N-dealkylation sites (tertiary alicyclic amines) is 1. The van der Waals surface area contributed by atoms with Crippen LogP contribution in [-0.4, -0.2) is 23.1 Å². The van der Waals surface area contributed by atoms with E-state index in [0.717, 1.165) is 28.9 Å². The monoisotopic (exact) mass is 282 g/mol. The van der Waals surface area contributed by atoms with Crippen LogP contribution in [0.4, 0.5) is 5.69 Å². The van der Waals surface area contributed by atoms with Crippen molar-refractivity contribution in [1.29, 1.82) is 0 Å². The van der Waals surface area contributed by atoms with Crippen molar-refractivity contribution in [1.82, 2.24) is 4.90 Å². The highest BCUT2D eigenvalue weighted by molar-refractivity contribution is 7.80. The summed E-state index contributed by atoms with van der Waals surface area (Å²) in [5, 5.41) is 4.79. The van der Waals surface area contributed by atoms with Crippen molar-refractivity contribution in [3.8, 4) is 0 Å². The zero-order valence-electron chi connectivity index (χ0n) is 10.8. The lowest BCUT2D eigenvalue weighted by Crippen LogP contribution is -2.44. The minimum atomic E-state index is 0.702. The molecule has 18 heavy (non-hydrogen) atoms. The van der Waals surface area contributed by atoms with Gasteiger partial charge >= 0.3 is 0 Å². The van der Waals surface area contributed by atoms with Crippen LogP contribution in [0.3, 0.4) is 0 Å². The maximum Gasteiger partial charge on any atom is 0.173 e. The Morgan fingerprint density at radius 1 is 1.33 bits per heavy atom. The van der Waals surface area contributed by atoms with Gasteiger partial charge < -0.3 is 10.2 Å². The number of nitrogens with one attached hydrogen (secondary N) is 1. The molecule has 0 saturated carbocycles. The Kier molecular flexibility index (Phi) is 4.46. The van der Waals surface area contributed by atoms with Crippen LogP contribution < -0.4 is 5.32 Å². The second kappa shape index (κ2) is 5.89. The molecule has 4 heteroatoms. The van der Waals surface area contributed by atoms with Crippen LogP contribution in [-0.2, 0) is 0 Å². The average Bonchev–Trinajstić information content (AvgIpc) is 2.27. The second-order valence-electron chi connectivity index (χ2n) is 5.29. The first-order valence-corrected chi connectivity index (χ1v) is 7.14. The van der Waals surface area contributed by atoms with Gasteiger partial charge in [0.15, 0.2) is 5.11 Å². The molecule has 2 atom stereocenters. The zero-order chi connectivity index (χ0) is 13.1. The fourth-order valence-electron chi connectivity index (χ4n) is 2.60. The molecule has 0 aromatic heterocycles. The first kappa shape index (κ1) is 13.6. The molecule has 98 valence electrons. The van der Waals surface area contributed by atoms with E-state index in [-0.39, 0.29) is 0 Å². The molecular formula is C14H19ClN2S. The number of hydrogen-bond donors (Lipinski definition) is 1. The molecule has 1 heterocycles. The Morgan fingerprint density at radius 2 is 2.00 bits per heavy atom. The Labute approximate surface area is 119 Å². The molecule has 0 spiro atoms. The number of nitrogens with zero attached hydrogens (tertiary/aromatic N) is 1. The van der Waals surface area contributed by atoms with E-state index in [1.807, 2.05) is 24.3 Å². The summed E-state index contributed by atoms with van der Waals surface area (Å²) in [6, 6.07) is 7.66. The SMILES string of the molecule is CC1CC(C)CN(C(=S)Nc2cccc(Cl)c2)C1. The molecule has 1 fully saturated rings. The van der Waals surface area contributed by atoms with Gasteiger partial charge in [-0.3, -0.25) is 0 Å². The van der Waals surface area contributed by atoms with E-state index >= 15 is 0 Å². The standard InChI is InChI=1S/C14H19ClN2S/c1-10-6-11(2)9-17(8-10)14(18)16-13-5-3-4-12(15)7-13/h3-5,7,10-11H,6,8-9H2,1-2H3,(H,16,18). The van der Waals surface area contributed by atoms with Crippen molar-refractivity contribution in [2.24, 2.45) is 11.8 Å². The van der Waals surface area contributed by atoms with Gasteiger partial charge in [-0.1, -0.05) is 31.5 Å². The van der Waals surface area contributed by atoms with Crippen LogP contribution >= 0.6 is 23.8 Å². The molecule has 1 aromatic carbocycles. The Bertz CT molecular complexity index is 426. The van der Waals surface area contributed by atoms with Gasteiger partial charge in [-0.2, -0.15) is 0 Å². The number of anilines is 1. The zero-order valence-corrected chi connectivity index (χ0v) is 12.4. The topological polar surface area (TPSA) is 15.3 Å². The van der Waals surface area contributed by atoms with E-state index in [2.05, 4.69) is 24.1 Å².